The molecule has 2 aromatic rings. The summed E-state index contributed by atoms with van der Waals surface area (Å²) in [6, 6.07) is 10.6. The Balaban J connectivity index is 2.04. The van der Waals surface area contributed by atoms with E-state index >= 15 is 0 Å². The number of benzene rings is 1. The van der Waals surface area contributed by atoms with E-state index in [2.05, 4.69) is 9.71 Å². The number of carbonyl (C=O) groups excluding carboxylic acids is 2. The highest BCUT2D eigenvalue weighted by atomic mass is 32.2. The Morgan fingerprint density at radius 2 is 1.79 bits per heavy atom. The van der Waals surface area contributed by atoms with Crippen LogP contribution in [0.15, 0.2) is 48.7 Å². The maximum atomic E-state index is 12.3. The number of rotatable bonds is 6. The molecule has 0 aliphatic rings. The molecule has 1 unspecified atom stereocenters. The van der Waals surface area contributed by atoms with Gasteiger partial charge in [0.25, 0.3) is 0 Å². The summed E-state index contributed by atoms with van der Waals surface area (Å²) < 4.78 is 29.7. The molecule has 1 atom stereocenters. The van der Waals surface area contributed by atoms with Gasteiger partial charge in [-0.05, 0) is 43.3 Å². The van der Waals surface area contributed by atoms with Gasteiger partial charge in [-0.3, -0.25) is 9.52 Å². The molecule has 7 nitrogen and oxygen atoms in total. The number of nitrogens with one attached hydrogen (secondary N) is 1. The van der Waals surface area contributed by atoms with Gasteiger partial charge in [0.05, 0.1) is 6.26 Å². The first-order valence-corrected chi connectivity index (χ1v) is 8.89. The van der Waals surface area contributed by atoms with Crippen LogP contribution in [0.1, 0.15) is 27.8 Å². The minimum Gasteiger partial charge on any atom is -0.450 e. The summed E-state index contributed by atoms with van der Waals surface area (Å²) in [6.45, 7) is 1.46. The summed E-state index contributed by atoms with van der Waals surface area (Å²) in [7, 11) is -3.38. The van der Waals surface area contributed by atoms with Crippen LogP contribution in [0.25, 0.3) is 0 Å². The van der Waals surface area contributed by atoms with E-state index < -0.39 is 27.9 Å². The molecule has 0 aliphatic heterocycles. The molecule has 8 heteroatoms. The van der Waals surface area contributed by atoms with Gasteiger partial charge in [-0.1, -0.05) is 6.07 Å². The molecule has 1 heterocycles. The van der Waals surface area contributed by atoms with Gasteiger partial charge in [0.2, 0.25) is 15.8 Å². The first-order valence-electron chi connectivity index (χ1n) is 7.00. The topological polar surface area (TPSA) is 102 Å². The van der Waals surface area contributed by atoms with Crippen molar-refractivity contribution in [3.63, 3.8) is 0 Å². The highest BCUT2D eigenvalue weighted by Gasteiger charge is 2.21. The molecule has 0 fully saturated rings. The summed E-state index contributed by atoms with van der Waals surface area (Å²) in [5.74, 6) is -1.09. The lowest BCUT2D eigenvalue weighted by molar-refractivity contribution is 0.0313. The third kappa shape index (κ3) is 4.88. The van der Waals surface area contributed by atoms with E-state index in [0.29, 0.717) is 11.3 Å². The van der Waals surface area contributed by atoms with Crippen molar-refractivity contribution in [2.24, 2.45) is 0 Å². The van der Waals surface area contributed by atoms with E-state index in [9.17, 15) is 18.0 Å². The lowest BCUT2D eigenvalue weighted by Crippen LogP contribution is -2.24. The Labute approximate surface area is 139 Å². The molecule has 1 aromatic carbocycles. The van der Waals surface area contributed by atoms with Crippen LogP contribution in [0.2, 0.25) is 0 Å². The third-order valence-electron chi connectivity index (χ3n) is 3.00. The lowest BCUT2D eigenvalue weighted by atomic mass is 10.1. The molecule has 126 valence electrons. The molecule has 1 N–H and O–H groups in total. The monoisotopic (exact) mass is 348 g/mol. The summed E-state index contributed by atoms with van der Waals surface area (Å²) in [6.07, 6.45) is 1.50. The van der Waals surface area contributed by atoms with Gasteiger partial charge in [0, 0.05) is 17.4 Å². The number of nitrogens with zero attached hydrogens (tertiary/aromatic N) is 1. The number of hydrogen-bond donors (Lipinski definition) is 1. The quantitative estimate of drug-likeness (QED) is 0.632. The van der Waals surface area contributed by atoms with Crippen molar-refractivity contribution in [3.05, 3.63) is 59.9 Å². The first-order chi connectivity index (χ1) is 11.3. The second kappa shape index (κ2) is 7.22. The second-order valence-corrected chi connectivity index (χ2v) is 6.83. The number of aromatic nitrogens is 1. The fraction of sp³-hybridized carbons (Fsp3) is 0.188. The Bertz CT molecular complexity index is 833. The fourth-order valence-electron chi connectivity index (χ4n) is 1.91. The zero-order valence-electron chi connectivity index (χ0n) is 13.1. The van der Waals surface area contributed by atoms with Crippen LogP contribution in [0.3, 0.4) is 0 Å². The number of hydrogen-bond acceptors (Lipinski definition) is 6. The van der Waals surface area contributed by atoms with E-state index in [1.807, 2.05) is 0 Å². The number of ketones is 1. The number of Topliss-reactive ketones (excluding diaryl/α,β-unsaturated/α-hetero) is 1. The van der Waals surface area contributed by atoms with Crippen LogP contribution in [0, 0.1) is 0 Å². The number of sulfonamides is 1. The minimum atomic E-state index is -3.38. The number of anilines is 1. The van der Waals surface area contributed by atoms with Crippen LogP contribution in [-0.4, -0.2) is 37.5 Å². The molecule has 0 saturated carbocycles. The third-order valence-corrected chi connectivity index (χ3v) is 3.61. The SMILES string of the molecule is CC(OC(=O)c1ccccn1)C(=O)c1ccc(NS(C)(=O)=O)cc1. The molecule has 1 aromatic heterocycles. The minimum absolute atomic E-state index is 0.116. The van der Waals surface area contributed by atoms with Crippen molar-refractivity contribution in [2.75, 3.05) is 11.0 Å². The largest absolute Gasteiger partial charge is 0.450 e. The summed E-state index contributed by atoms with van der Waals surface area (Å²) >= 11 is 0. The smallest absolute Gasteiger partial charge is 0.357 e. The van der Waals surface area contributed by atoms with Crippen molar-refractivity contribution in [3.8, 4) is 0 Å². The zero-order valence-corrected chi connectivity index (χ0v) is 13.9. The van der Waals surface area contributed by atoms with Crippen LogP contribution in [0.4, 0.5) is 5.69 Å². The number of esters is 1. The highest BCUT2D eigenvalue weighted by Crippen LogP contribution is 2.14. The van der Waals surface area contributed by atoms with Gasteiger partial charge in [-0.25, -0.2) is 18.2 Å². The molecule has 0 aliphatic carbocycles. The number of ether oxygens (including phenoxy) is 1. The molecular formula is C16H16N2O5S. The van der Waals surface area contributed by atoms with Crippen molar-refractivity contribution in [1.29, 1.82) is 0 Å². The Morgan fingerprint density at radius 3 is 2.33 bits per heavy atom. The van der Waals surface area contributed by atoms with Crippen LogP contribution in [-0.2, 0) is 14.8 Å². The predicted molar refractivity (Wildman–Crippen MR) is 88.4 cm³/mol. The van der Waals surface area contributed by atoms with E-state index in [-0.39, 0.29) is 5.69 Å². The molecule has 0 saturated heterocycles. The van der Waals surface area contributed by atoms with Crippen LogP contribution in [0.5, 0.6) is 0 Å². The molecule has 0 bridgehead atoms. The second-order valence-electron chi connectivity index (χ2n) is 5.08. The predicted octanol–water partition coefficient (Wildman–Crippen LogP) is 1.88. The molecule has 0 radical (unpaired) electrons. The summed E-state index contributed by atoms with van der Waals surface area (Å²) in [4.78, 5) is 28.0. The molecule has 0 amide bonds. The van der Waals surface area contributed by atoms with E-state index in [1.165, 1.54) is 43.5 Å². The maximum Gasteiger partial charge on any atom is 0.357 e. The maximum absolute atomic E-state index is 12.3. The van der Waals surface area contributed by atoms with Gasteiger partial charge < -0.3 is 4.74 Å². The molecular weight excluding hydrogens is 332 g/mol. The molecule has 2 rings (SSSR count). The van der Waals surface area contributed by atoms with Crippen LogP contribution < -0.4 is 4.72 Å². The zero-order chi connectivity index (χ0) is 17.7. The van der Waals surface area contributed by atoms with Gasteiger partial charge >= 0.3 is 5.97 Å². The van der Waals surface area contributed by atoms with E-state index in [0.717, 1.165) is 6.26 Å². The summed E-state index contributed by atoms with van der Waals surface area (Å²) in [5, 5.41) is 0. The van der Waals surface area contributed by atoms with Gasteiger partial charge in [0.1, 0.15) is 5.69 Å². The fourth-order valence-corrected chi connectivity index (χ4v) is 2.47. The molecule has 24 heavy (non-hydrogen) atoms. The van der Waals surface area contributed by atoms with E-state index in [1.54, 1.807) is 12.1 Å². The molecule has 0 spiro atoms. The van der Waals surface area contributed by atoms with Crippen molar-refractivity contribution in [1.82, 2.24) is 4.98 Å². The Hall–Kier alpha value is -2.74. The average molecular weight is 348 g/mol. The Morgan fingerprint density at radius 1 is 1.12 bits per heavy atom. The first kappa shape index (κ1) is 17.6. The van der Waals surface area contributed by atoms with Crippen molar-refractivity contribution >= 4 is 27.5 Å². The van der Waals surface area contributed by atoms with E-state index in [4.69, 9.17) is 4.74 Å². The Kier molecular flexibility index (Phi) is 5.30. The average Bonchev–Trinajstić information content (AvgIpc) is 2.54. The van der Waals surface area contributed by atoms with Crippen molar-refractivity contribution < 1.29 is 22.7 Å². The lowest BCUT2D eigenvalue weighted by Gasteiger charge is -2.12. The normalized spacial score (nSPS) is 12.2. The van der Waals surface area contributed by atoms with Crippen LogP contribution >= 0.6 is 0 Å². The van der Waals surface area contributed by atoms with Crippen molar-refractivity contribution in [2.45, 2.75) is 13.0 Å². The number of pyridine rings is 1. The van der Waals surface area contributed by atoms with Gasteiger partial charge in [-0.2, -0.15) is 0 Å². The number of carbonyl (C=O) groups is 2. The summed E-state index contributed by atoms with van der Waals surface area (Å²) in [5.41, 5.74) is 0.757. The standard InChI is InChI=1S/C16H16N2O5S/c1-11(23-16(20)14-5-3-4-10-17-14)15(19)12-6-8-13(9-7-12)18-24(2,21)22/h3-11,18H,1-2H3. The van der Waals surface area contributed by atoms with Gasteiger partial charge in [0.15, 0.2) is 6.10 Å². The van der Waals surface area contributed by atoms with Gasteiger partial charge in [-0.15, -0.1) is 0 Å². The highest BCUT2D eigenvalue weighted by molar-refractivity contribution is 7.92.